The molecular weight excluding hydrogens is 714 g/mol. The maximum atomic E-state index is 2.84. The molecule has 0 N–H and O–H groups in total. The Morgan fingerprint density at radius 2 is 0.614 bits per heavy atom. The molecule has 0 saturated heterocycles. The Morgan fingerprint density at radius 3 is 0.750 bits per heavy atom. The molecule has 0 amide bonds. The number of hydrogen-bond donors (Lipinski definition) is 0. The first-order chi connectivity index (χ1) is 19.5. The van der Waals surface area contributed by atoms with Crippen molar-refractivity contribution in [1.82, 2.24) is 0 Å². The molecule has 0 spiro atoms. The van der Waals surface area contributed by atoms with Crippen molar-refractivity contribution in [2.24, 2.45) is 0 Å². The molecule has 0 aliphatic carbocycles. The third-order valence-corrected chi connectivity index (χ3v) is 39.4. The molecule has 44 heavy (non-hydrogen) atoms. The van der Waals surface area contributed by atoms with Gasteiger partial charge in [0.15, 0.2) is 0 Å². The van der Waals surface area contributed by atoms with Gasteiger partial charge in [-0.05, 0) is 0 Å². The SMILES string of the molecule is CC(C)(C)c1cc(C[Si](C)(C)C)[c]([Ge]2=[Ge]([c]3c(C[Si](C)(C)C)cc(C(C)(C)C)cc3C[Si](C)(C)C)[CH]=[CH]2)c(C[Si](C)(C)C)c1. The van der Waals surface area contributed by atoms with Crippen LogP contribution in [0.4, 0.5) is 0 Å². The van der Waals surface area contributed by atoms with Crippen molar-refractivity contribution in [1.29, 1.82) is 0 Å². The Kier molecular flexibility index (Phi) is 11.6. The summed E-state index contributed by atoms with van der Waals surface area (Å²) in [5.41, 5.74) is 10.7. The minimum atomic E-state index is -1.60. The van der Waals surface area contributed by atoms with E-state index in [1.165, 1.54) is 24.2 Å². The van der Waals surface area contributed by atoms with Crippen LogP contribution >= 0.6 is 0 Å². The molecule has 6 heteroatoms. The van der Waals surface area contributed by atoms with Gasteiger partial charge >= 0.3 is 287 Å². The zero-order chi connectivity index (χ0) is 33.8. The van der Waals surface area contributed by atoms with Gasteiger partial charge in [0, 0.05) is 0 Å². The minimum absolute atomic E-state index is 0.192. The van der Waals surface area contributed by atoms with E-state index in [1.54, 1.807) is 33.4 Å². The van der Waals surface area contributed by atoms with Crippen molar-refractivity contribution in [2.75, 3.05) is 0 Å². The van der Waals surface area contributed by atoms with E-state index in [1.807, 2.05) is 8.79 Å². The van der Waals surface area contributed by atoms with Crippen molar-refractivity contribution in [3.8, 4) is 0 Å². The van der Waals surface area contributed by atoms with Gasteiger partial charge in [-0.2, -0.15) is 0 Å². The van der Waals surface area contributed by atoms with Gasteiger partial charge in [-0.1, -0.05) is 0 Å². The third kappa shape index (κ3) is 10.8. The summed E-state index contributed by atoms with van der Waals surface area (Å²) >= 11 is -3.19. The topological polar surface area (TPSA) is 0 Å². The predicted octanol–water partition coefficient (Wildman–Crippen LogP) is 9.79. The van der Waals surface area contributed by atoms with E-state index >= 15 is 0 Å². The van der Waals surface area contributed by atoms with Gasteiger partial charge in [-0.25, -0.2) is 0 Å². The van der Waals surface area contributed by atoms with Crippen LogP contribution in [0, 0.1) is 0 Å². The summed E-state index contributed by atoms with van der Waals surface area (Å²) in [5.74, 6) is 0. The molecule has 2 aromatic rings. The van der Waals surface area contributed by atoms with Crippen molar-refractivity contribution in [2.45, 2.75) is 155 Å². The summed E-state index contributed by atoms with van der Waals surface area (Å²) < 4.78 is 3.91. The monoisotopic (exact) mass is 784 g/mol. The fraction of sp³-hybridized carbons (Fsp3) is 0.632. The summed E-state index contributed by atoms with van der Waals surface area (Å²) in [7, 11) is -5.20. The van der Waals surface area contributed by atoms with E-state index in [4.69, 9.17) is 0 Å². The van der Waals surface area contributed by atoms with Crippen molar-refractivity contribution >= 4 is 64.8 Å². The Hall–Kier alpha value is 0.133. The summed E-state index contributed by atoms with van der Waals surface area (Å²) in [6.45, 7) is 45.8. The van der Waals surface area contributed by atoms with Crippen molar-refractivity contribution in [3.05, 3.63) is 67.5 Å². The molecule has 0 unspecified atom stereocenters. The Labute approximate surface area is 285 Å². The van der Waals surface area contributed by atoms with E-state index in [0.29, 0.717) is 0 Å². The molecule has 0 bridgehead atoms. The molecule has 0 atom stereocenters. The van der Waals surface area contributed by atoms with Gasteiger partial charge in [-0.3, -0.25) is 0 Å². The van der Waals surface area contributed by atoms with Gasteiger partial charge in [0.1, 0.15) is 0 Å². The van der Waals surface area contributed by atoms with Crippen LogP contribution in [0.25, 0.3) is 0 Å². The first kappa shape index (κ1) is 38.6. The second-order valence-corrected chi connectivity index (χ2v) is 61.6. The summed E-state index contributed by atoms with van der Waals surface area (Å²) in [4.78, 5) is 5.69. The van der Waals surface area contributed by atoms with E-state index in [0.717, 1.165) is 0 Å². The molecule has 2 aromatic carbocycles. The van der Waals surface area contributed by atoms with Crippen LogP contribution < -0.4 is 8.79 Å². The van der Waals surface area contributed by atoms with Crippen LogP contribution in [-0.4, -0.2) is 56.0 Å². The molecule has 0 nitrogen and oxygen atoms in total. The average molecular weight is 783 g/mol. The molecule has 0 radical (unpaired) electrons. The fourth-order valence-corrected chi connectivity index (χ4v) is 39.2. The van der Waals surface area contributed by atoms with Gasteiger partial charge in [0.05, 0.1) is 0 Å². The molecule has 244 valence electrons. The van der Waals surface area contributed by atoms with Crippen LogP contribution in [0.2, 0.25) is 78.6 Å². The molecule has 3 rings (SSSR count). The quantitative estimate of drug-likeness (QED) is 0.211. The van der Waals surface area contributed by atoms with E-state index < -0.39 is 56.0 Å². The van der Waals surface area contributed by atoms with Crippen LogP contribution in [0.1, 0.15) is 74.9 Å². The zero-order valence-corrected chi connectivity index (χ0v) is 40.5. The Morgan fingerprint density at radius 1 is 0.409 bits per heavy atom. The molecule has 0 saturated carbocycles. The normalized spacial score (nSPS) is 15.2. The van der Waals surface area contributed by atoms with Crippen molar-refractivity contribution < 1.29 is 0 Å². The Bertz CT molecular complexity index is 1260. The van der Waals surface area contributed by atoms with E-state index in [2.05, 4.69) is 154 Å². The van der Waals surface area contributed by atoms with Crippen LogP contribution in [0.15, 0.2) is 34.1 Å². The maximum absolute atomic E-state index is 2.84. The van der Waals surface area contributed by atoms with E-state index in [-0.39, 0.29) is 10.8 Å². The summed E-state index contributed by atoms with van der Waals surface area (Å²) in [5, 5.41) is 0. The fourth-order valence-electron chi connectivity index (χ4n) is 6.62. The van der Waals surface area contributed by atoms with Gasteiger partial charge in [0.25, 0.3) is 0 Å². The molecule has 0 fully saturated rings. The third-order valence-electron chi connectivity index (χ3n) is 8.46. The first-order valence-electron chi connectivity index (χ1n) is 17.3. The number of hydrogen-bond acceptors (Lipinski definition) is 0. The van der Waals surface area contributed by atoms with E-state index in [9.17, 15) is 0 Å². The Balaban J connectivity index is 2.50. The molecule has 1 aliphatic heterocycles. The summed E-state index contributed by atoms with van der Waals surface area (Å²) in [6.07, 6.45) is 0. The van der Waals surface area contributed by atoms with Crippen molar-refractivity contribution in [3.63, 3.8) is 0 Å². The molecule has 1 heterocycles. The molecule has 1 aliphatic rings. The first-order valence-corrected chi connectivity index (χ1v) is 43.1. The van der Waals surface area contributed by atoms with Gasteiger partial charge < -0.3 is 0 Å². The van der Waals surface area contributed by atoms with Crippen LogP contribution in [0.3, 0.4) is 0 Å². The van der Waals surface area contributed by atoms with Crippen LogP contribution in [0.5, 0.6) is 0 Å². The zero-order valence-electron chi connectivity index (χ0n) is 32.3. The second-order valence-electron chi connectivity index (χ2n) is 20.9. The second kappa shape index (κ2) is 13.2. The van der Waals surface area contributed by atoms with Crippen LogP contribution in [-0.2, 0) is 35.0 Å². The van der Waals surface area contributed by atoms with Gasteiger partial charge in [0.2, 0.25) is 0 Å². The average Bonchev–Trinajstić information content (AvgIpc) is 2.71. The number of benzene rings is 2. The summed E-state index contributed by atoms with van der Waals surface area (Å²) in [6, 6.07) is 16.2. The number of rotatable bonds is 10. The molecular formula is C38H68Ge2Si4. The van der Waals surface area contributed by atoms with Gasteiger partial charge in [-0.15, -0.1) is 0 Å². The standard InChI is InChI=1S/C38H68Ge2Si4/c1-37(2,3)33-21-29(25-41(7,8)9)35(30(22-33)26-42(10,11)12)39-19-20-40(39)36-31(27-43(13,14)15)23-34(38(4,5)6)24-32(36)28-44(16,17)18/h19-24H,25-28H2,1-18H3. The predicted molar refractivity (Wildman–Crippen MR) is 218 cm³/mol. The molecule has 0 aromatic heterocycles.